The van der Waals surface area contributed by atoms with E-state index in [-0.39, 0.29) is 36.3 Å². The average molecular weight is 501 g/mol. The van der Waals surface area contributed by atoms with Gasteiger partial charge in [0, 0.05) is 24.9 Å². The molecule has 24 heavy (non-hydrogen) atoms. The van der Waals surface area contributed by atoms with Gasteiger partial charge in [0.25, 0.3) is 0 Å². The van der Waals surface area contributed by atoms with E-state index in [1.54, 1.807) is 0 Å². The standard InChI is InChI=1S/C11H18F3N5O2S2.HI/c1-2-16-10(18-5-6-23(15,20)21)17-4-3-9-19-8(7-22-9)11(12,13)14;/h7H,2-6H2,1H3,(H2,15,20,21)(H2,16,17,18);1H. The van der Waals surface area contributed by atoms with Gasteiger partial charge in [0.05, 0.1) is 17.3 Å². The summed E-state index contributed by atoms with van der Waals surface area (Å²) < 4.78 is 58.9. The summed E-state index contributed by atoms with van der Waals surface area (Å²) in [6.45, 7) is 2.68. The predicted molar refractivity (Wildman–Crippen MR) is 98.2 cm³/mol. The topological polar surface area (TPSA) is 109 Å². The molecule has 0 aliphatic carbocycles. The third-order valence-electron chi connectivity index (χ3n) is 2.46. The van der Waals surface area contributed by atoms with Crippen LogP contribution in [0.25, 0.3) is 0 Å². The number of hydrogen-bond acceptors (Lipinski definition) is 5. The molecule has 1 rings (SSSR count). The highest BCUT2D eigenvalue weighted by Gasteiger charge is 2.33. The first kappa shape index (κ1) is 23.3. The minimum absolute atomic E-state index is 0. The van der Waals surface area contributed by atoms with Gasteiger partial charge >= 0.3 is 6.18 Å². The number of nitrogens with two attached hydrogens (primary N) is 1. The number of primary sulfonamides is 1. The molecular weight excluding hydrogens is 482 g/mol. The minimum atomic E-state index is -4.44. The van der Waals surface area contributed by atoms with E-state index >= 15 is 0 Å². The van der Waals surface area contributed by atoms with Crippen LogP contribution < -0.4 is 15.8 Å². The molecule has 0 fully saturated rings. The second-order valence-electron chi connectivity index (χ2n) is 4.43. The molecule has 0 aliphatic heterocycles. The number of halogens is 4. The Morgan fingerprint density at radius 3 is 2.58 bits per heavy atom. The molecule has 0 aliphatic rings. The minimum Gasteiger partial charge on any atom is -0.357 e. The predicted octanol–water partition coefficient (Wildman–Crippen LogP) is 1.17. The van der Waals surface area contributed by atoms with Gasteiger partial charge in [-0.05, 0) is 6.92 Å². The summed E-state index contributed by atoms with van der Waals surface area (Å²) in [7, 11) is -3.59. The summed E-state index contributed by atoms with van der Waals surface area (Å²) in [5.74, 6) is 0.0779. The van der Waals surface area contributed by atoms with Gasteiger partial charge in [-0.1, -0.05) is 0 Å². The number of nitrogens with one attached hydrogen (secondary N) is 2. The van der Waals surface area contributed by atoms with Crippen LogP contribution in [0.1, 0.15) is 17.6 Å². The molecule has 0 spiro atoms. The van der Waals surface area contributed by atoms with E-state index in [2.05, 4.69) is 20.6 Å². The molecule has 0 atom stereocenters. The smallest absolute Gasteiger partial charge is 0.357 e. The van der Waals surface area contributed by atoms with Crippen LogP contribution in [0, 0.1) is 0 Å². The summed E-state index contributed by atoms with van der Waals surface area (Å²) in [6.07, 6.45) is -4.15. The summed E-state index contributed by atoms with van der Waals surface area (Å²) >= 11 is 0.935. The molecule has 0 amide bonds. The molecule has 0 unspecified atom stereocenters. The Bertz CT molecular complexity index is 634. The first-order valence-corrected chi connectivity index (χ1v) is 9.25. The first-order chi connectivity index (χ1) is 10.6. The molecule has 0 saturated carbocycles. The van der Waals surface area contributed by atoms with Crippen molar-refractivity contribution in [3.8, 4) is 0 Å². The van der Waals surface area contributed by atoms with Crippen LogP contribution >= 0.6 is 35.3 Å². The molecule has 0 saturated heterocycles. The highest BCUT2D eigenvalue weighted by Crippen LogP contribution is 2.29. The van der Waals surface area contributed by atoms with Gasteiger partial charge in [0.2, 0.25) is 10.0 Å². The summed E-state index contributed by atoms with van der Waals surface area (Å²) in [4.78, 5) is 7.53. The third-order valence-corrected chi connectivity index (χ3v) is 4.12. The molecule has 0 aromatic carbocycles. The van der Waals surface area contributed by atoms with Crippen molar-refractivity contribution in [2.75, 3.05) is 25.4 Å². The van der Waals surface area contributed by atoms with E-state index in [1.807, 2.05) is 6.92 Å². The third kappa shape index (κ3) is 9.58. The Kier molecular flexibility index (Phi) is 10.1. The lowest BCUT2D eigenvalue weighted by molar-refractivity contribution is -0.140. The number of aromatic nitrogens is 1. The molecule has 1 aromatic heterocycles. The van der Waals surface area contributed by atoms with Gasteiger partial charge in [-0.15, -0.1) is 35.3 Å². The maximum absolute atomic E-state index is 12.4. The Labute approximate surface area is 159 Å². The Balaban J connectivity index is 0.00000529. The molecule has 0 bridgehead atoms. The highest BCUT2D eigenvalue weighted by atomic mass is 127. The molecule has 7 nitrogen and oxygen atoms in total. The van der Waals surface area contributed by atoms with E-state index in [4.69, 9.17) is 5.14 Å². The zero-order valence-electron chi connectivity index (χ0n) is 12.8. The molecule has 13 heteroatoms. The summed E-state index contributed by atoms with van der Waals surface area (Å²) in [6, 6.07) is 0. The lowest BCUT2D eigenvalue weighted by atomic mass is 10.4. The van der Waals surface area contributed by atoms with Gasteiger partial charge in [-0.2, -0.15) is 13.2 Å². The van der Waals surface area contributed by atoms with Crippen molar-refractivity contribution in [2.45, 2.75) is 19.5 Å². The van der Waals surface area contributed by atoms with E-state index < -0.39 is 21.9 Å². The van der Waals surface area contributed by atoms with E-state index in [1.165, 1.54) is 0 Å². The van der Waals surface area contributed by atoms with Crippen LogP contribution in [0.2, 0.25) is 0 Å². The van der Waals surface area contributed by atoms with Crippen molar-refractivity contribution < 1.29 is 21.6 Å². The Hall–Kier alpha value is -0.670. The maximum atomic E-state index is 12.4. The fourth-order valence-corrected chi connectivity index (χ4v) is 2.62. The van der Waals surface area contributed by atoms with Gasteiger partial charge in [0.15, 0.2) is 11.7 Å². The molecule has 0 radical (unpaired) electrons. The molecule has 1 aromatic rings. The fraction of sp³-hybridized carbons (Fsp3) is 0.636. The number of sulfonamides is 1. The van der Waals surface area contributed by atoms with Crippen LogP contribution in [-0.4, -0.2) is 44.7 Å². The van der Waals surface area contributed by atoms with Gasteiger partial charge in [-0.25, -0.2) is 18.5 Å². The maximum Gasteiger partial charge on any atom is 0.434 e. The SMILES string of the molecule is CCNC(=NCCS(N)(=O)=O)NCCc1nc(C(F)(F)F)cs1.I. The van der Waals surface area contributed by atoms with Crippen molar-refractivity contribution in [1.29, 1.82) is 0 Å². The molecule has 1 heterocycles. The van der Waals surface area contributed by atoms with Crippen LogP contribution in [0.3, 0.4) is 0 Å². The van der Waals surface area contributed by atoms with Crippen LogP contribution in [0.4, 0.5) is 13.2 Å². The normalized spacial score (nSPS) is 12.6. The van der Waals surface area contributed by atoms with Crippen molar-refractivity contribution in [2.24, 2.45) is 10.1 Å². The number of alkyl halides is 3. The van der Waals surface area contributed by atoms with Crippen LogP contribution in [-0.2, 0) is 22.6 Å². The van der Waals surface area contributed by atoms with E-state index in [9.17, 15) is 21.6 Å². The van der Waals surface area contributed by atoms with Crippen molar-refractivity contribution in [1.82, 2.24) is 15.6 Å². The monoisotopic (exact) mass is 501 g/mol. The van der Waals surface area contributed by atoms with Crippen LogP contribution in [0.5, 0.6) is 0 Å². The molecule has 4 N–H and O–H groups in total. The molecule has 140 valence electrons. The lowest BCUT2D eigenvalue weighted by Crippen LogP contribution is -2.38. The van der Waals surface area contributed by atoms with Gasteiger partial charge < -0.3 is 10.6 Å². The van der Waals surface area contributed by atoms with Gasteiger partial charge in [-0.3, -0.25) is 4.99 Å². The van der Waals surface area contributed by atoms with E-state index in [0.717, 1.165) is 16.7 Å². The number of guanidine groups is 1. The number of aliphatic imine (C=N–C) groups is 1. The van der Waals surface area contributed by atoms with Crippen molar-refractivity contribution in [3.63, 3.8) is 0 Å². The largest absolute Gasteiger partial charge is 0.434 e. The quantitative estimate of drug-likeness (QED) is 0.295. The van der Waals surface area contributed by atoms with Crippen molar-refractivity contribution >= 4 is 51.3 Å². The van der Waals surface area contributed by atoms with Crippen LogP contribution in [0.15, 0.2) is 10.4 Å². The summed E-state index contributed by atoms with van der Waals surface area (Å²) in [5.41, 5.74) is -0.897. The Morgan fingerprint density at radius 2 is 2.08 bits per heavy atom. The van der Waals surface area contributed by atoms with E-state index in [0.29, 0.717) is 30.5 Å². The fourth-order valence-electron chi connectivity index (χ4n) is 1.47. The number of thiazole rings is 1. The zero-order chi connectivity index (χ0) is 17.5. The number of nitrogens with zero attached hydrogens (tertiary/aromatic N) is 2. The Morgan fingerprint density at radius 1 is 1.42 bits per heavy atom. The zero-order valence-corrected chi connectivity index (χ0v) is 16.7. The lowest BCUT2D eigenvalue weighted by Gasteiger charge is -2.10. The highest BCUT2D eigenvalue weighted by molar-refractivity contribution is 14.0. The van der Waals surface area contributed by atoms with Crippen molar-refractivity contribution in [3.05, 3.63) is 16.1 Å². The second-order valence-corrected chi connectivity index (χ2v) is 7.11. The average Bonchev–Trinajstić information content (AvgIpc) is 2.86. The molecular formula is C11H19F3IN5O2S2. The number of hydrogen-bond donors (Lipinski definition) is 3. The summed E-state index contributed by atoms with van der Waals surface area (Å²) in [5, 5.41) is 12.0. The number of rotatable bonds is 7. The second kappa shape index (κ2) is 10.4. The first-order valence-electron chi connectivity index (χ1n) is 6.66. The van der Waals surface area contributed by atoms with Gasteiger partial charge in [0.1, 0.15) is 0 Å².